The third kappa shape index (κ3) is 0.945. The predicted molar refractivity (Wildman–Crippen MR) is 36.1 cm³/mol. The fourth-order valence-electron chi connectivity index (χ4n) is 0.494. The second-order valence-electron chi connectivity index (χ2n) is 1.53. The van der Waals surface area contributed by atoms with Gasteiger partial charge in [0.15, 0.2) is 0 Å². The van der Waals surface area contributed by atoms with Crippen LogP contribution in [0.3, 0.4) is 0 Å². The summed E-state index contributed by atoms with van der Waals surface area (Å²) in [6.07, 6.45) is 6.22. The van der Waals surface area contributed by atoms with Crippen molar-refractivity contribution >= 4 is 23.4 Å². The highest BCUT2D eigenvalue weighted by molar-refractivity contribution is 7.99. The Morgan fingerprint density at radius 3 is 2.29 bits per heavy atom. The molecule has 0 radical (unpaired) electrons. The molecule has 40 valence electrons. The lowest BCUT2D eigenvalue weighted by molar-refractivity contribution is 0.994. The molecule has 1 aliphatic carbocycles. The zero-order chi connectivity index (χ0) is 5.28. The van der Waals surface area contributed by atoms with Crippen LogP contribution in [0.2, 0.25) is 0 Å². The van der Waals surface area contributed by atoms with Crippen molar-refractivity contribution in [2.75, 3.05) is 6.26 Å². The number of allylic oxidation sites excluding steroid dienone is 1. The maximum Gasteiger partial charge on any atom is 0.0670 e. The van der Waals surface area contributed by atoms with Crippen LogP contribution >= 0.6 is 23.4 Å². The third-order valence-corrected chi connectivity index (χ3v) is 2.63. The Labute approximate surface area is 52.9 Å². The molecule has 0 fully saturated rings. The van der Waals surface area contributed by atoms with Gasteiger partial charge < -0.3 is 0 Å². The highest BCUT2D eigenvalue weighted by atomic mass is 35.5. The lowest BCUT2D eigenvalue weighted by Gasteiger charge is -2.20. The SMILES string of the molecule is CSC1C=CC1Cl. The van der Waals surface area contributed by atoms with Gasteiger partial charge in [-0.3, -0.25) is 0 Å². The molecular formula is C5H7ClS. The van der Waals surface area contributed by atoms with Gasteiger partial charge in [0, 0.05) is 5.25 Å². The van der Waals surface area contributed by atoms with E-state index < -0.39 is 0 Å². The number of thioether (sulfide) groups is 1. The molecule has 0 bridgehead atoms. The second kappa shape index (κ2) is 2.10. The first-order chi connectivity index (χ1) is 3.34. The van der Waals surface area contributed by atoms with Crippen LogP contribution in [0.25, 0.3) is 0 Å². The number of alkyl halides is 1. The molecule has 2 unspecified atom stereocenters. The van der Waals surface area contributed by atoms with Crippen LogP contribution < -0.4 is 0 Å². The minimum Gasteiger partial charge on any atom is -0.156 e. The summed E-state index contributed by atoms with van der Waals surface area (Å²) in [5.41, 5.74) is 0. The minimum atomic E-state index is 0.301. The molecule has 0 heterocycles. The molecule has 1 rings (SSSR count). The van der Waals surface area contributed by atoms with Crippen LogP contribution in [-0.4, -0.2) is 16.9 Å². The van der Waals surface area contributed by atoms with E-state index in [1.54, 1.807) is 11.8 Å². The fraction of sp³-hybridized carbons (Fsp3) is 0.600. The molecule has 0 spiro atoms. The molecule has 0 amide bonds. The molecule has 1 aliphatic rings. The highest BCUT2D eigenvalue weighted by Crippen LogP contribution is 2.26. The van der Waals surface area contributed by atoms with E-state index in [4.69, 9.17) is 11.6 Å². The van der Waals surface area contributed by atoms with Gasteiger partial charge in [-0.2, -0.15) is 11.8 Å². The van der Waals surface area contributed by atoms with Crippen molar-refractivity contribution in [2.24, 2.45) is 0 Å². The first kappa shape index (κ1) is 5.52. The van der Waals surface area contributed by atoms with E-state index in [-0.39, 0.29) is 0 Å². The summed E-state index contributed by atoms with van der Waals surface area (Å²) in [4.78, 5) is 0. The van der Waals surface area contributed by atoms with E-state index in [2.05, 4.69) is 12.3 Å². The summed E-state index contributed by atoms with van der Waals surface area (Å²) >= 11 is 7.51. The van der Waals surface area contributed by atoms with E-state index in [1.165, 1.54) is 0 Å². The molecule has 0 aliphatic heterocycles. The monoisotopic (exact) mass is 134 g/mol. The Kier molecular flexibility index (Phi) is 1.65. The largest absolute Gasteiger partial charge is 0.156 e. The summed E-state index contributed by atoms with van der Waals surface area (Å²) in [5.74, 6) is 0. The number of hydrogen-bond donors (Lipinski definition) is 0. The van der Waals surface area contributed by atoms with Gasteiger partial charge in [0.25, 0.3) is 0 Å². The molecule has 0 saturated heterocycles. The molecule has 7 heavy (non-hydrogen) atoms. The normalized spacial score (nSPS) is 38.0. The zero-order valence-corrected chi connectivity index (χ0v) is 5.67. The summed E-state index contributed by atoms with van der Waals surface area (Å²) in [7, 11) is 0. The smallest absolute Gasteiger partial charge is 0.0670 e. The van der Waals surface area contributed by atoms with Gasteiger partial charge in [-0.15, -0.1) is 11.6 Å². The summed E-state index contributed by atoms with van der Waals surface area (Å²) < 4.78 is 0. The molecule has 2 heteroatoms. The molecule has 0 aromatic rings. The number of rotatable bonds is 1. The molecule has 0 nitrogen and oxygen atoms in total. The van der Waals surface area contributed by atoms with Gasteiger partial charge >= 0.3 is 0 Å². The standard InChI is InChI=1S/C5H7ClS/c1-7-5-3-2-4(5)6/h2-5H,1H3. The predicted octanol–water partition coefficient (Wildman–Crippen LogP) is 1.90. The maximum absolute atomic E-state index is 5.71. The Hall–Kier alpha value is 0.380. The van der Waals surface area contributed by atoms with Gasteiger partial charge in [0.2, 0.25) is 0 Å². The Morgan fingerprint density at radius 2 is 2.29 bits per heavy atom. The summed E-state index contributed by atoms with van der Waals surface area (Å²) in [6, 6.07) is 0. The maximum atomic E-state index is 5.71. The van der Waals surface area contributed by atoms with E-state index >= 15 is 0 Å². The molecule has 0 aromatic carbocycles. The van der Waals surface area contributed by atoms with Gasteiger partial charge in [-0.25, -0.2) is 0 Å². The number of hydrogen-bond acceptors (Lipinski definition) is 1. The molecule has 2 atom stereocenters. The van der Waals surface area contributed by atoms with Crippen molar-refractivity contribution in [3.05, 3.63) is 12.2 Å². The molecular weight excluding hydrogens is 128 g/mol. The van der Waals surface area contributed by atoms with Crippen LogP contribution in [0.1, 0.15) is 0 Å². The second-order valence-corrected chi connectivity index (χ2v) is 3.05. The Balaban J connectivity index is 2.33. The molecule has 0 N–H and O–H groups in total. The van der Waals surface area contributed by atoms with Crippen molar-refractivity contribution in [2.45, 2.75) is 10.6 Å². The number of halogens is 1. The van der Waals surface area contributed by atoms with Crippen molar-refractivity contribution in [3.63, 3.8) is 0 Å². The third-order valence-electron chi connectivity index (χ3n) is 1.07. The summed E-state index contributed by atoms with van der Waals surface area (Å²) in [6.45, 7) is 0. The first-order valence-electron chi connectivity index (χ1n) is 2.20. The van der Waals surface area contributed by atoms with Gasteiger partial charge in [0.05, 0.1) is 5.38 Å². The van der Waals surface area contributed by atoms with Crippen molar-refractivity contribution < 1.29 is 0 Å². The van der Waals surface area contributed by atoms with E-state index in [0.717, 1.165) is 0 Å². The zero-order valence-electron chi connectivity index (χ0n) is 4.10. The van der Waals surface area contributed by atoms with Crippen LogP contribution in [0.4, 0.5) is 0 Å². The van der Waals surface area contributed by atoms with Gasteiger partial charge in [-0.05, 0) is 6.26 Å². The average molecular weight is 135 g/mol. The Bertz CT molecular complexity index is 90.1. The van der Waals surface area contributed by atoms with E-state index in [9.17, 15) is 0 Å². The lowest BCUT2D eigenvalue weighted by Crippen LogP contribution is -2.20. The Morgan fingerprint density at radius 1 is 1.57 bits per heavy atom. The lowest BCUT2D eigenvalue weighted by atomic mass is 10.1. The molecule has 0 saturated carbocycles. The highest BCUT2D eigenvalue weighted by Gasteiger charge is 2.19. The van der Waals surface area contributed by atoms with Crippen LogP contribution in [-0.2, 0) is 0 Å². The van der Waals surface area contributed by atoms with Gasteiger partial charge in [-0.1, -0.05) is 12.2 Å². The first-order valence-corrected chi connectivity index (χ1v) is 3.92. The average Bonchev–Trinajstić information content (AvgIpc) is 1.65. The van der Waals surface area contributed by atoms with Crippen LogP contribution in [0, 0.1) is 0 Å². The quantitative estimate of drug-likeness (QED) is 0.390. The summed E-state index contributed by atoms with van der Waals surface area (Å²) in [5, 5.41) is 0.886. The topological polar surface area (TPSA) is 0 Å². The fourth-order valence-corrected chi connectivity index (χ4v) is 1.57. The minimum absolute atomic E-state index is 0.301. The van der Waals surface area contributed by atoms with Crippen molar-refractivity contribution in [3.8, 4) is 0 Å². The van der Waals surface area contributed by atoms with Crippen molar-refractivity contribution in [1.82, 2.24) is 0 Å². The van der Waals surface area contributed by atoms with E-state index in [0.29, 0.717) is 10.6 Å². The van der Waals surface area contributed by atoms with Crippen LogP contribution in [0.5, 0.6) is 0 Å². The van der Waals surface area contributed by atoms with Crippen LogP contribution in [0.15, 0.2) is 12.2 Å². The van der Waals surface area contributed by atoms with E-state index in [1.807, 2.05) is 6.08 Å². The van der Waals surface area contributed by atoms with Gasteiger partial charge in [0.1, 0.15) is 0 Å². The molecule has 0 aromatic heterocycles. The van der Waals surface area contributed by atoms with Crippen molar-refractivity contribution in [1.29, 1.82) is 0 Å².